The Morgan fingerprint density at radius 1 is 1.29 bits per heavy atom. The number of nitrogens with zero attached hydrogens (tertiary/aromatic N) is 1. The van der Waals surface area contributed by atoms with Crippen LogP contribution < -0.4 is 11.1 Å². The first-order valence-corrected chi connectivity index (χ1v) is 7.98. The predicted molar refractivity (Wildman–Crippen MR) is 86.4 cm³/mol. The van der Waals surface area contributed by atoms with E-state index < -0.39 is 0 Å². The summed E-state index contributed by atoms with van der Waals surface area (Å²) in [6.07, 6.45) is 3.41. The fourth-order valence-electron chi connectivity index (χ4n) is 2.70. The molecule has 1 heterocycles. The Labute approximate surface area is 127 Å². The molecule has 1 aliphatic heterocycles. The number of carbonyl (C=O) groups is 1. The zero-order valence-electron chi connectivity index (χ0n) is 13.0. The second-order valence-electron chi connectivity index (χ2n) is 6.02. The maximum absolute atomic E-state index is 12.1. The SMILES string of the molecule is CC1CCN(CCNC(=O)c2ccc(CCN)cc2)CC1. The summed E-state index contributed by atoms with van der Waals surface area (Å²) in [5, 5.41) is 3.00. The molecule has 3 N–H and O–H groups in total. The summed E-state index contributed by atoms with van der Waals surface area (Å²) in [5.41, 5.74) is 7.42. The highest BCUT2D eigenvalue weighted by molar-refractivity contribution is 5.94. The van der Waals surface area contributed by atoms with Crippen LogP contribution in [-0.2, 0) is 6.42 Å². The maximum atomic E-state index is 12.1. The Balaban J connectivity index is 1.71. The monoisotopic (exact) mass is 289 g/mol. The lowest BCUT2D eigenvalue weighted by atomic mass is 9.99. The molecule has 0 saturated carbocycles. The van der Waals surface area contributed by atoms with Gasteiger partial charge in [-0.3, -0.25) is 4.79 Å². The minimum atomic E-state index is 0.0136. The van der Waals surface area contributed by atoms with Crippen LogP contribution in [0.4, 0.5) is 0 Å². The van der Waals surface area contributed by atoms with Gasteiger partial charge in [0.1, 0.15) is 0 Å². The predicted octanol–water partition coefficient (Wildman–Crippen LogP) is 1.65. The van der Waals surface area contributed by atoms with Gasteiger partial charge in [-0.2, -0.15) is 0 Å². The second kappa shape index (κ2) is 8.15. The Hall–Kier alpha value is -1.39. The fraction of sp³-hybridized carbons (Fsp3) is 0.588. The third-order valence-corrected chi connectivity index (χ3v) is 4.24. The summed E-state index contributed by atoms with van der Waals surface area (Å²) in [4.78, 5) is 14.5. The second-order valence-corrected chi connectivity index (χ2v) is 6.02. The van der Waals surface area contributed by atoms with Gasteiger partial charge in [0, 0.05) is 18.7 Å². The summed E-state index contributed by atoms with van der Waals surface area (Å²) in [6, 6.07) is 7.72. The Morgan fingerprint density at radius 2 is 1.95 bits per heavy atom. The summed E-state index contributed by atoms with van der Waals surface area (Å²) in [6.45, 7) is 6.94. The van der Waals surface area contributed by atoms with Crippen molar-refractivity contribution in [2.75, 3.05) is 32.7 Å². The molecular formula is C17H27N3O. The van der Waals surface area contributed by atoms with E-state index in [2.05, 4.69) is 17.1 Å². The van der Waals surface area contributed by atoms with Crippen LogP contribution in [0.25, 0.3) is 0 Å². The number of likely N-dealkylation sites (tertiary alicyclic amines) is 1. The average molecular weight is 289 g/mol. The van der Waals surface area contributed by atoms with E-state index in [1.807, 2.05) is 24.3 Å². The number of benzene rings is 1. The van der Waals surface area contributed by atoms with E-state index in [-0.39, 0.29) is 5.91 Å². The number of nitrogens with one attached hydrogen (secondary N) is 1. The number of hydrogen-bond donors (Lipinski definition) is 2. The van der Waals surface area contributed by atoms with E-state index >= 15 is 0 Å². The van der Waals surface area contributed by atoms with Crippen LogP contribution in [0.3, 0.4) is 0 Å². The molecule has 1 saturated heterocycles. The van der Waals surface area contributed by atoms with Crippen molar-refractivity contribution in [3.8, 4) is 0 Å². The van der Waals surface area contributed by atoms with Gasteiger partial charge < -0.3 is 16.0 Å². The lowest BCUT2D eigenvalue weighted by Crippen LogP contribution is -2.39. The minimum absolute atomic E-state index is 0.0136. The minimum Gasteiger partial charge on any atom is -0.351 e. The van der Waals surface area contributed by atoms with E-state index in [1.165, 1.54) is 18.4 Å². The molecule has 4 heteroatoms. The van der Waals surface area contributed by atoms with Crippen LogP contribution in [0, 0.1) is 5.92 Å². The molecule has 2 rings (SSSR count). The summed E-state index contributed by atoms with van der Waals surface area (Å²) < 4.78 is 0. The molecule has 116 valence electrons. The number of rotatable bonds is 6. The van der Waals surface area contributed by atoms with Gasteiger partial charge in [0.2, 0.25) is 0 Å². The number of hydrogen-bond acceptors (Lipinski definition) is 3. The van der Waals surface area contributed by atoms with Crippen molar-refractivity contribution in [1.29, 1.82) is 0 Å². The smallest absolute Gasteiger partial charge is 0.251 e. The third kappa shape index (κ3) is 5.14. The van der Waals surface area contributed by atoms with E-state index in [0.29, 0.717) is 6.54 Å². The number of carbonyl (C=O) groups excluding carboxylic acids is 1. The molecule has 4 nitrogen and oxygen atoms in total. The summed E-state index contributed by atoms with van der Waals surface area (Å²) in [7, 11) is 0. The number of amides is 1. The topological polar surface area (TPSA) is 58.4 Å². The van der Waals surface area contributed by atoms with Gasteiger partial charge in [0.15, 0.2) is 0 Å². The molecule has 0 atom stereocenters. The molecule has 0 bridgehead atoms. The molecule has 0 aliphatic carbocycles. The van der Waals surface area contributed by atoms with Gasteiger partial charge in [-0.25, -0.2) is 0 Å². The standard InChI is InChI=1S/C17H27N3O/c1-14-7-11-20(12-8-14)13-10-19-17(21)16-4-2-15(3-5-16)6-9-18/h2-5,14H,6-13,18H2,1H3,(H,19,21). The zero-order valence-corrected chi connectivity index (χ0v) is 13.0. The summed E-state index contributed by atoms with van der Waals surface area (Å²) >= 11 is 0. The van der Waals surface area contributed by atoms with Gasteiger partial charge >= 0.3 is 0 Å². The molecule has 21 heavy (non-hydrogen) atoms. The molecular weight excluding hydrogens is 262 g/mol. The van der Waals surface area contributed by atoms with Crippen LogP contribution in [0.2, 0.25) is 0 Å². The normalized spacial score (nSPS) is 16.9. The highest BCUT2D eigenvalue weighted by Crippen LogP contribution is 2.15. The van der Waals surface area contributed by atoms with Crippen LogP contribution in [0.5, 0.6) is 0 Å². The van der Waals surface area contributed by atoms with Crippen molar-refractivity contribution >= 4 is 5.91 Å². The van der Waals surface area contributed by atoms with E-state index in [0.717, 1.165) is 44.1 Å². The van der Waals surface area contributed by atoms with Gasteiger partial charge in [-0.05, 0) is 62.5 Å². The van der Waals surface area contributed by atoms with Crippen LogP contribution in [0.1, 0.15) is 35.7 Å². The lowest BCUT2D eigenvalue weighted by Gasteiger charge is -2.30. The van der Waals surface area contributed by atoms with Crippen LogP contribution in [-0.4, -0.2) is 43.5 Å². The van der Waals surface area contributed by atoms with E-state index in [9.17, 15) is 4.79 Å². The Bertz CT molecular complexity index is 436. The Morgan fingerprint density at radius 3 is 2.57 bits per heavy atom. The molecule has 0 spiro atoms. The van der Waals surface area contributed by atoms with Crippen molar-refractivity contribution in [2.24, 2.45) is 11.7 Å². The Kier molecular flexibility index (Phi) is 6.21. The van der Waals surface area contributed by atoms with Gasteiger partial charge in [0.05, 0.1) is 0 Å². The molecule has 1 aromatic rings. The molecule has 0 aromatic heterocycles. The van der Waals surface area contributed by atoms with Crippen molar-refractivity contribution in [2.45, 2.75) is 26.2 Å². The molecule has 1 fully saturated rings. The highest BCUT2D eigenvalue weighted by Gasteiger charge is 2.15. The molecule has 0 unspecified atom stereocenters. The van der Waals surface area contributed by atoms with Crippen LogP contribution in [0.15, 0.2) is 24.3 Å². The van der Waals surface area contributed by atoms with Gasteiger partial charge in [-0.1, -0.05) is 19.1 Å². The first kappa shape index (κ1) is 16.0. The average Bonchev–Trinajstić information content (AvgIpc) is 2.50. The fourth-order valence-corrected chi connectivity index (χ4v) is 2.70. The van der Waals surface area contributed by atoms with E-state index in [4.69, 9.17) is 5.73 Å². The maximum Gasteiger partial charge on any atom is 0.251 e. The molecule has 1 amide bonds. The van der Waals surface area contributed by atoms with Crippen molar-refractivity contribution in [3.63, 3.8) is 0 Å². The van der Waals surface area contributed by atoms with Crippen LogP contribution >= 0.6 is 0 Å². The lowest BCUT2D eigenvalue weighted by molar-refractivity contribution is 0.0944. The number of nitrogens with two attached hydrogens (primary N) is 1. The molecule has 1 aliphatic rings. The van der Waals surface area contributed by atoms with Crippen molar-refractivity contribution in [1.82, 2.24) is 10.2 Å². The first-order valence-electron chi connectivity index (χ1n) is 7.98. The third-order valence-electron chi connectivity index (χ3n) is 4.24. The number of piperidine rings is 1. The van der Waals surface area contributed by atoms with Crippen molar-refractivity contribution in [3.05, 3.63) is 35.4 Å². The highest BCUT2D eigenvalue weighted by atomic mass is 16.1. The first-order chi connectivity index (χ1) is 10.2. The van der Waals surface area contributed by atoms with Crippen molar-refractivity contribution < 1.29 is 4.79 Å². The molecule has 0 radical (unpaired) electrons. The zero-order chi connectivity index (χ0) is 15.1. The van der Waals surface area contributed by atoms with Gasteiger partial charge in [0.25, 0.3) is 5.91 Å². The quantitative estimate of drug-likeness (QED) is 0.837. The van der Waals surface area contributed by atoms with Gasteiger partial charge in [-0.15, -0.1) is 0 Å². The summed E-state index contributed by atoms with van der Waals surface area (Å²) in [5.74, 6) is 0.863. The molecule has 1 aromatic carbocycles. The van der Waals surface area contributed by atoms with E-state index in [1.54, 1.807) is 0 Å². The largest absolute Gasteiger partial charge is 0.351 e.